The van der Waals surface area contributed by atoms with Gasteiger partial charge >= 0.3 is 6.61 Å². The summed E-state index contributed by atoms with van der Waals surface area (Å²) in [6.07, 6.45) is 1.02. The molecule has 0 heterocycles. The zero-order chi connectivity index (χ0) is 19.5. The summed E-state index contributed by atoms with van der Waals surface area (Å²) in [5.41, 5.74) is 0.535. The molecule has 0 saturated heterocycles. The monoisotopic (exact) mass is 403 g/mol. The van der Waals surface area contributed by atoms with Gasteiger partial charge in [0.15, 0.2) is 9.84 Å². The van der Waals surface area contributed by atoms with Gasteiger partial charge in [-0.05, 0) is 42.8 Å². The van der Waals surface area contributed by atoms with E-state index in [2.05, 4.69) is 10.1 Å². The molecule has 0 aromatic heterocycles. The van der Waals surface area contributed by atoms with E-state index in [9.17, 15) is 22.0 Å². The third-order valence-corrected chi connectivity index (χ3v) is 4.98. The molecule has 1 N–H and O–H groups in total. The van der Waals surface area contributed by atoms with Crippen LogP contribution in [0.5, 0.6) is 5.75 Å². The largest absolute Gasteiger partial charge is 0.435 e. The molecular formula is C17H16ClF2NO4S. The molecule has 0 spiro atoms. The number of amides is 1. The van der Waals surface area contributed by atoms with Crippen molar-refractivity contribution >= 4 is 27.3 Å². The summed E-state index contributed by atoms with van der Waals surface area (Å²) < 4.78 is 52.2. The lowest BCUT2D eigenvalue weighted by Gasteiger charge is -2.16. The zero-order valence-electron chi connectivity index (χ0n) is 13.9. The first-order valence-electron chi connectivity index (χ1n) is 7.43. The molecule has 2 aromatic carbocycles. The van der Waals surface area contributed by atoms with Crippen molar-refractivity contribution in [2.24, 2.45) is 0 Å². The van der Waals surface area contributed by atoms with Crippen molar-refractivity contribution in [2.45, 2.75) is 24.5 Å². The molecule has 0 radical (unpaired) electrons. The first-order chi connectivity index (χ1) is 12.1. The Bertz CT molecular complexity index is 919. The summed E-state index contributed by atoms with van der Waals surface area (Å²) in [5.74, 6) is -0.621. The molecule has 0 bridgehead atoms. The van der Waals surface area contributed by atoms with Crippen LogP contribution in [0.2, 0.25) is 5.02 Å². The Balaban J connectivity index is 2.22. The van der Waals surface area contributed by atoms with Crippen molar-refractivity contribution in [1.29, 1.82) is 0 Å². The molecule has 5 nitrogen and oxygen atoms in total. The molecule has 0 saturated carbocycles. The van der Waals surface area contributed by atoms with Crippen LogP contribution in [0, 0.1) is 0 Å². The van der Waals surface area contributed by atoms with E-state index in [0.29, 0.717) is 5.56 Å². The average molecular weight is 404 g/mol. The van der Waals surface area contributed by atoms with Crippen LogP contribution < -0.4 is 10.1 Å². The lowest BCUT2D eigenvalue weighted by atomic mass is 10.1. The summed E-state index contributed by atoms with van der Waals surface area (Å²) in [5, 5.41) is 2.75. The standard InChI is InChI=1S/C17H16ClF2NO4S/c1-10(11-4-3-5-12(8-11)25-17(19)20)21-16(22)14-9-13(26(2,23)24)6-7-15(14)18/h3-10,17H,1-2H3,(H,21,22). The minimum atomic E-state index is -3.50. The van der Waals surface area contributed by atoms with E-state index in [1.807, 2.05) is 0 Å². The molecule has 0 aliphatic rings. The number of nitrogens with one attached hydrogen (secondary N) is 1. The summed E-state index contributed by atoms with van der Waals surface area (Å²) in [4.78, 5) is 12.4. The zero-order valence-corrected chi connectivity index (χ0v) is 15.4. The van der Waals surface area contributed by atoms with Crippen LogP contribution in [0.4, 0.5) is 8.78 Å². The van der Waals surface area contributed by atoms with Gasteiger partial charge in [0.25, 0.3) is 5.91 Å². The second-order valence-electron chi connectivity index (χ2n) is 5.56. The molecule has 0 aliphatic carbocycles. The lowest BCUT2D eigenvalue weighted by molar-refractivity contribution is -0.0499. The maximum absolute atomic E-state index is 12.4. The van der Waals surface area contributed by atoms with E-state index in [1.165, 1.54) is 36.4 Å². The number of ether oxygens (including phenoxy) is 1. The van der Waals surface area contributed by atoms with Crippen LogP contribution in [0.15, 0.2) is 47.4 Å². The molecule has 140 valence electrons. The highest BCUT2D eigenvalue weighted by Crippen LogP contribution is 2.24. The molecule has 26 heavy (non-hydrogen) atoms. The number of hydrogen-bond acceptors (Lipinski definition) is 4. The predicted octanol–water partition coefficient (Wildman–Crippen LogP) is 3.84. The van der Waals surface area contributed by atoms with Crippen molar-refractivity contribution in [1.82, 2.24) is 5.32 Å². The molecule has 9 heteroatoms. The molecule has 1 unspecified atom stereocenters. The van der Waals surface area contributed by atoms with Crippen LogP contribution in [0.3, 0.4) is 0 Å². The Morgan fingerprint density at radius 1 is 1.19 bits per heavy atom. The third-order valence-electron chi connectivity index (χ3n) is 3.54. The Morgan fingerprint density at radius 3 is 2.50 bits per heavy atom. The number of carbonyl (C=O) groups is 1. The fourth-order valence-electron chi connectivity index (χ4n) is 2.23. The maximum atomic E-state index is 12.4. The Hall–Kier alpha value is -2.19. The van der Waals surface area contributed by atoms with E-state index in [1.54, 1.807) is 13.0 Å². The van der Waals surface area contributed by atoms with Crippen molar-refractivity contribution in [3.8, 4) is 5.75 Å². The maximum Gasteiger partial charge on any atom is 0.387 e. The van der Waals surface area contributed by atoms with Gasteiger partial charge < -0.3 is 10.1 Å². The highest BCUT2D eigenvalue weighted by molar-refractivity contribution is 7.90. The SMILES string of the molecule is CC(NC(=O)c1cc(S(C)(=O)=O)ccc1Cl)c1cccc(OC(F)F)c1. The Labute approximate surface area is 154 Å². The predicted molar refractivity (Wildman–Crippen MR) is 93.5 cm³/mol. The minimum absolute atomic E-state index is 0.00132. The molecule has 2 aromatic rings. The molecule has 2 rings (SSSR count). The van der Waals surface area contributed by atoms with E-state index in [4.69, 9.17) is 11.6 Å². The quantitative estimate of drug-likeness (QED) is 0.795. The van der Waals surface area contributed by atoms with Crippen molar-refractivity contribution in [2.75, 3.05) is 6.26 Å². The summed E-state index contributed by atoms with van der Waals surface area (Å²) in [6, 6.07) is 9.18. The van der Waals surface area contributed by atoms with Gasteiger partial charge in [0.2, 0.25) is 0 Å². The number of sulfone groups is 1. The smallest absolute Gasteiger partial charge is 0.387 e. The number of hydrogen-bond donors (Lipinski definition) is 1. The second-order valence-corrected chi connectivity index (χ2v) is 7.98. The van der Waals surface area contributed by atoms with Crippen molar-refractivity contribution < 1.29 is 26.7 Å². The Kier molecular flexibility index (Phi) is 6.20. The van der Waals surface area contributed by atoms with Gasteiger partial charge in [0.05, 0.1) is 21.5 Å². The fourth-order valence-corrected chi connectivity index (χ4v) is 3.08. The number of halogens is 3. The van der Waals surface area contributed by atoms with Gasteiger partial charge in [-0.15, -0.1) is 0 Å². The summed E-state index contributed by atoms with van der Waals surface area (Å²) in [7, 11) is -3.50. The van der Waals surface area contributed by atoms with Gasteiger partial charge in [-0.3, -0.25) is 4.79 Å². The van der Waals surface area contributed by atoms with Crippen LogP contribution in [-0.2, 0) is 9.84 Å². The minimum Gasteiger partial charge on any atom is -0.435 e. The summed E-state index contributed by atoms with van der Waals surface area (Å²) in [6.45, 7) is -1.30. The lowest BCUT2D eigenvalue weighted by Crippen LogP contribution is -2.27. The highest BCUT2D eigenvalue weighted by Gasteiger charge is 2.18. The third kappa shape index (κ3) is 5.15. The Morgan fingerprint density at radius 2 is 1.88 bits per heavy atom. The summed E-state index contributed by atoms with van der Waals surface area (Å²) >= 11 is 5.99. The molecule has 0 aliphatic heterocycles. The van der Waals surface area contributed by atoms with Gasteiger partial charge in [-0.1, -0.05) is 23.7 Å². The number of rotatable bonds is 6. The highest BCUT2D eigenvalue weighted by atomic mass is 35.5. The topological polar surface area (TPSA) is 72.5 Å². The van der Waals surface area contributed by atoms with Gasteiger partial charge in [0, 0.05) is 6.26 Å². The van der Waals surface area contributed by atoms with Gasteiger partial charge in [-0.25, -0.2) is 8.42 Å². The van der Waals surface area contributed by atoms with Gasteiger partial charge in [0.1, 0.15) is 5.75 Å². The number of alkyl halides is 2. The van der Waals surface area contributed by atoms with Crippen LogP contribution in [-0.4, -0.2) is 27.2 Å². The van der Waals surface area contributed by atoms with E-state index >= 15 is 0 Å². The molecule has 1 atom stereocenters. The first-order valence-corrected chi connectivity index (χ1v) is 9.70. The molecule has 0 fully saturated rings. The van der Waals surface area contributed by atoms with Crippen molar-refractivity contribution in [3.05, 3.63) is 58.6 Å². The van der Waals surface area contributed by atoms with Gasteiger partial charge in [-0.2, -0.15) is 8.78 Å². The molecular weight excluding hydrogens is 388 g/mol. The second kappa shape index (κ2) is 8.01. The normalized spacial score (nSPS) is 12.7. The number of carbonyl (C=O) groups excluding carboxylic acids is 1. The fraction of sp³-hybridized carbons (Fsp3) is 0.235. The number of benzene rings is 2. The van der Waals surface area contributed by atoms with Crippen LogP contribution in [0.25, 0.3) is 0 Å². The van der Waals surface area contributed by atoms with E-state index in [0.717, 1.165) is 6.26 Å². The average Bonchev–Trinajstić information content (AvgIpc) is 2.53. The van der Waals surface area contributed by atoms with E-state index < -0.39 is 28.4 Å². The van der Waals surface area contributed by atoms with Crippen LogP contribution >= 0.6 is 11.6 Å². The molecule has 1 amide bonds. The van der Waals surface area contributed by atoms with E-state index in [-0.39, 0.29) is 21.2 Å². The van der Waals surface area contributed by atoms with Crippen LogP contribution in [0.1, 0.15) is 28.9 Å². The van der Waals surface area contributed by atoms with Crippen molar-refractivity contribution in [3.63, 3.8) is 0 Å². The first kappa shape index (κ1) is 20.1.